The molecule has 0 saturated carbocycles. The number of ether oxygens (including phenoxy) is 1. The standard InChI is InChI=1S/C14H17ClN4O2S/c15-12-10(9-16)14(22-17-12)19-4-2-1-3-11(19)13(20)18-5-7-21-8-6-18/h11H,1-8H2. The smallest absolute Gasteiger partial charge is 0.245 e. The van der Waals surface area contributed by atoms with E-state index in [4.69, 9.17) is 16.3 Å². The van der Waals surface area contributed by atoms with Crippen LogP contribution in [0.3, 0.4) is 0 Å². The molecule has 3 heterocycles. The molecule has 0 spiro atoms. The minimum Gasteiger partial charge on any atom is -0.378 e. The molecule has 6 nitrogen and oxygen atoms in total. The average molecular weight is 341 g/mol. The summed E-state index contributed by atoms with van der Waals surface area (Å²) in [5, 5.41) is 10.2. The molecule has 1 aromatic heterocycles. The van der Waals surface area contributed by atoms with Crippen molar-refractivity contribution in [2.24, 2.45) is 0 Å². The quantitative estimate of drug-likeness (QED) is 0.822. The van der Waals surface area contributed by atoms with Gasteiger partial charge in [-0.25, -0.2) is 0 Å². The third-order valence-electron chi connectivity index (χ3n) is 4.12. The van der Waals surface area contributed by atoms with Gasteiger partial charge < -0.3 is 14.5 Å². The number of nitriles is 1. The van der Waals surface area contributed by atoms with Crippen LogP contribution < -0.4 is 4.90 Å². The summed E-state index contributed by atoms with van der Waals surface area (Å²) >= 11 is 7.18. The number of rotatable bonds is 2. The highest BCUT2D eigenvalue weighted by molar-refractivity contribution is 7.10. The summed E-state index contributed by atoms with van der Waals surface area (Å²) in [5.41, 5.74) is 0.383. The van der Waals surface area contributed by atoms with E-state index in [1.165, 1.54) is 11.5 Å². The minimum absolute atomic E-state index is 0.122. The third-order valence-corrected chi connectivity index (χ3v) is 5.37. The molecular weight excluding hydrogens is 324 g/mol. The Hall–Kier alpha value is -1.36. The van der Waals surface area contributed by atoms with E-state index in [1.54, 1.807) is 0 Å². The van der Waals surface area contributed by atoms with Gasteiger partial charge >= 0.3 is 0 Å². The molecule has 0 N–H and O–H groups in total. The van der Waals surface area contributed by atoms with Crippen molar-refractivity contribution in [3.8, 4) is 6.07 Å². The van der Waals surface area contributed by atoms with E-state index >= 15 is 0 Å². The van der Waals surface area contributed by atoms with Gasteiger partial charge in [-0.2, -0.15) is 9.64 Å². The van der Waals surface area contributed by atoms with Crippen LogP contribution in [0, 0.1) is 11.3 Å². The minimum atomic E-state index is -0.226. The molecule has 2 fully saturated rings. The first-order valence-corrected chi connectivity index (χ1v) is 8.56. The Kier molecular flexibility index (Phi) is 4.81. The number of piperidine rings is 1. The van der Waals surface area contributed by atoms with E-state index in [0.717, 1.165) is 30.8 Å². The maximum absolute atomic E-state index is 12.8. The first-order valence-electron chi connectivity index (χ1n) is 7.41. The van der Waals surface area contributed by atoms with Crippen molar-refractivity contribution in [3.05, 3.63) is 10.7 Å². The van der Waals surface area contributed by atoms with Gasteiger partial charge in [0.25, 0.3) is 0 Å². The fourth-order valence-corrected chi connectivity index (χ4v) is 4.08. The van der Waals surface area contributed by atoms with Gasteiger partial charge in [0.1, 0.15) is 22.7 Å². The van der Waals surface area contributed by atoms with Crippen molar-refractivity contribution in [2.45, 2.75) is 25.3 Å². The summed E-state index contributed by atoms with van der Waals surface area (Å²) in [5.74, 6) is 0.122. The van der Waals surface area contributed by atoms with E-state index in [1.807, 2.05) is 9.80 Å². The molecule has 0 aliphatic carbocycles. The summed E-state index contributed by atoms with van der Waals surface area (Å²) in [6.07, 6.45) is 2.83. The number of hydrogen-bond donors (Lipinski definition) is 0. The van der Waals surface area contributed by atoms with Crippen LogP contribution in [0.25, 0.3) is 0 Å². The number of anilines is 1. The molecule has 118 valence electrons. The number of hydrogen-bond acceptors (Lipinski definition) is 6. The summed E-state index contributed by atoms with van der Waals surface area (Å²) in [6.45, 7) is 3.21. The molecule has 2 aliphatic heterocycles. The van der Waals surface area contributed by atoms with Crippen LogP contribution in [0.1, 0.15) is 24.8 Å². The second kappa shape index (κ2) is 6.82. The van der Waals surface area contributed by atoms with Crippen LogP contribution in [0.4, 0.5) is 5.00 Å². The van der Waals surface area contributed by atoms with Crippen LogP contribution in [0.15, 0.2) is 0 Å². The molecule has 1 unspecified atom stereocenters. The Labute approximate surface area is 138 Å². The molecule has 3 rings (SSSR count). The van der Waals surface area contributed by atoms with Gasteiger partial charge in [-0.05, 0) is 30.8 Å². The van der Waals surface area contributed by atoms with Gasteiger partial charge in [0, 0.05) is 19.6 Å². The van der Waals surface area contributed by atoms with E-state index in [-0.39, 0.29) is 17.1 Å². The van der Waals surface area contributed by atoms with Gasteiger partial charge in [0.2, 0.25) is 5.91 Å². The summed E-state index contributed by atoms with van der Waals surface area (Å²) < 4.78 is 9.38. The molecule has 1 amide bonds. The summed E-state index contributed by atoms with van der Waals surface area (Å²) in [4.78, 5) is 16.7. The van der Waals surface area contributed by atoms with Crippen molar-refractivity contribution in [2.75, 3.05) is 37.7 Å². The van der Waals surface area contributed by atoms with Crippen LogP contribution in [-0.2, 0) is 9.53 Å². The molecule has 22 heavy (non-hydrogen) atoms. The number of halogens is 1. The second-order valence-electron chi connectivity index (χ2n) is 5.41. The lowest BCUT2D eigenvalue weighted by molar-refractivity contribution is -0.137. The highest BCUT2D eigenvalue weighted by Gasteiger charge is 2.35. The molecule has 2 saturated heterocycles. The van der Waals surface area contributed by atoms with Crippen LogP contribution >= 0.6 is 23.1 Å². The monoisotopic (exact) mass is 340 g/mol. The Morgan fingerprint density at radius 3 is 2.86 bits per heavy atom. The van der Waals surface area contributed by atoms with E-state index in [9.17, 15) is 10.1 Å². The van der Waals surface area contributed by atoms with Gasteiger partial charge in [0.05, 0.1) is 13.2 Å². The fourth-order valence-electron chi connectivity index (χ4n) is 2.98. The number of carbonyl (C=O) groups is 1. The molecule has 8 heteroatoms. The Balaban J connectivity index is 1.84. The average Bonchev–Trinajstić information content (AvgIpc) is 2.95. The lowest BCUT2D eigenvalue weighted by atomic mass is 10.0. The molecule has 1 aromatic rings. The number of nitrogens with zero attached hydrogens (tertiary/aromatic N) is 4. The van der Waals surface area contributed by atoms with Gasteiger partial charge in [-0.15, -0.1) is 0 Å². The highest BCUT2D eigenvalue weighted by atomic mass is 35.5. The van der Waals surface area contributed by atoms with Crippen LogP contribution in [0.2, 0.25) is 5.15 Å². The van der Waals surface area contributed by atoms with E-state index in [0.29, 0.717) is 31.9 Å². The van der Waals surface area contributed by atoms with E-state index < -0.39 is 0 Å². The normalized spacial score (nSPS) is 22.5. The van der Waals surface area contributed by atoms with Crippen molar-refractivity contribution >= 4 is 34.0 Å². The SMILES string of the molecule is N#Cc1c(Cl)nsc1N1CCCCC1C(=O)N1CCOCC1. The number of morpholine rings is 1. The number of carbonyl (C=O) groups excluding carboxylic acids is 1. The summed E-state index contributed by atoms with van der Waals surface area (Å²) in [7, 11) is 0. The van der Waals surface area contributed by atoms with Crippen molar-refractivity contribution in [3.63, 3.8) is 0 Å². The molecule has 0 bridgehead atoms. The number of aromatic nitrogens is 1. The highest BCUT2D eigenvalue weighted by Crippen LogP contribution is 2.35. The zero-order valence-electron chi connectivity index (χ0n) is 12.1. The zero-order chi connectivity index (χ0) is 15.5. The largest absolute Gasteiger partial charge is 0.378 e. The fraction of sp³-hybridized carbons (Fsp3) is 0.643. The van der Waals surface area contributed by atoms with Crippen LogP contribution in [-0.4, -0.2) is 54.1 Å². The first-order chi connectivity index (χ1) is 10.7. The topological polar surface area (TPSA) is 69.5 Å². The molecule has 2 aliphatic rings. The maximum Gasteiger partial charge on any atom is 0.245 e. The Morgan fingerprint density at radius 2 is 2.14 bits per heavy atom. The molecule has 0 radical (unpaired) electrons. The Morgan fingerprint density at radius 1 is 1.36 bits per heavy atom. The van der Waals surface area contributed by atoms with Crippen LogP contribution in [0.5, 0.6) is 0 Å². The third kappa shape index (κ3) is 2.91. The Bertz CT molecular complexity index is 594. The van der Waals surface area contributed by atoms with Crippen molar-refractivity contribution in [1.29, 1.82) is 5.26 Å². The first kappa shape index (κ1) is 15.5. The van der Waals surface area contributed by atoms with Gasteiger partial charge in [-0.3, -0.25) is 4.79 Å². The van der Waals surface area contributed by atoms with Gasteiger partial charge in [-0.1, -0.05) is 11.6 Å². The predicted molar refractivity (Wildman–Crippen MR) is 84.2 cm³/mol. The van der Waals surface area contributed by atoms with Crippen molar-refractivity contribution in [1.82, 2.24) is 9.27 Å². The number of amides is 1. The molecule has 0 aromatic carbocycles. The predicted octanol–water partition coefficient (Wildman–Crippen LogP) is 1.89. The van der Waals surface area contributed by atoms with E-state index in [2.05, 4.69) is 10.4 Å². The second-order valence-corrected chi connectivity index (χ2v) is 6.52. The lowest BCUT2D eigenvalue weighted by Gasteiger charge is -2.39. The lowest BCUT2D eigenvalue weighted by Crippen LogP contribution is -2.53. The zero-order valence-corrected chi connectivity index (χ0v) is 13.7. The maximum atomic E-state index is 12.8. The van der Waals surface area contributed by atoms with Crippen molar-refractivity contribution < 1.29 is 9.53 Å². The molecule has 1 atom stereocenters. The summed E-state index contributed by atoms with van der Waals surface area (Å²) in [6, 6.07) is 1.88. The van der Waals surface area contributed by atoms with Gasteiger partial charge in [0.15, 0.2) is 5.15 Å². The molecular formula is C14H17ClN4O2S.